The van der Waals surface area contributed by atoms with Crippen molar-refractivity contribution >= 4 is 21.4 Å². The number of rotatable bonds is 13. The smallest absolute Gasteiger partial charge is 0.274 e. The summed E-state index contributed by atoms with van der Waals surface area (Å²) in [7, 11) is -3.87. The van der Waals surface area contributed by atoms with Gasteiger partial charge in [0.05, 0.1) is 0 Å². The van der Waals surface area contributed by atoms with E-state index in [9.17, 15) is 8.42 Å². The van der Waals surface area contributed by atoms with E-state index in [0.717, 1.165) is 48.1 Å². The first-order chi connectivity index (χ1) is 21.4. The van der Waals surface area contributed by atoms with Gasteiger partial charge >= 0.3 is 0 Å². The number of para-hydroxylation sites is 1. The number of ether oxygens (including phenoxy) is 1. The van der Waals surface area contributed by atoms with Crippen molar-refractivity contribution in [3.05, 3.63) is 113 Å². The summed E-state index contributed by atoms with van der Waals surface area (Å²) in [4.78, 5) is 0. The van der Waals surface area contributed by atoms with Gasteiger partial charge < -0.3 is 4.74 Å². The summed E-state index contributed by atoms with van der Waals surface area (Å²) in [5, 5.41) is 5.58. The fourth-order valence-electron chi connectivity index (χ4n) is 7.70. The molecule has 3 aromatic rings. The number of fused-ring (bicyclic) bond motifs is 1. The normalized spacial score (nSPS) is 21.6. The van der Waals surface area contributed by atoms with E-state index in [4.69, 9.17) is 16.5 Å². The van der Waals surface area contributed by atoms with Crippen LogP contribution in [0.2, 0.25) is 0 Å². The molecule has 0 amide bonds. The Morgan fingerprint density at radius 3 is 2.33 bits per heavy atom. The van der Waals surface area contributed by atoms with Gasteiger partial charge in [0.2, 0.25) is 0 Å². The van der Waals surface area contributed by atoms with E-state index in [1.807, 2.05) is 18.2 Å². The summed E-state index contributed by atoms with van der Waals surface area (Å²) in [5.74, 6) is 0.805. The molecule has 0 aromatic heterocycles. The molecule has 240 valence electrons. The van der Waals surface area contributed by atoms with Crippen molar-refractivity contribution in [2.75, 3.05) is 0 Å². The zero-order chi connectivity index (χ0) is 32.2. The summed E-state index contributed by atoms with van der Waals surface area (Å²) in [6.07, 6.45) is 8.02. The van der Waals surface area contributed by atoms with Crippen LogP contribution in [-0.2, 0) is 22.2 Å². The van der Waals surface area contributed by atoms with Crippen LogP contribution < -0.4 is 14.6 Å². The Morgan fingerprint density at radius 1 is 0.978 bits per heavy atom. The Bertz CT molecular complexity index is 1620. The number of allylic oxidation sites excluding steroid dienone is 3. The van der Waals surface area contributed by atoms with Crippen LogP contribution in [0.5, 0.6) is 5.75 Å². The molecule has 1 fully saturated rings. The Kier molecular flexibility index (Phi) is 10.1. The van der Waals surface area contributed by atoms with Gasteiger partial charge in [0.25, 0.3) is 10.2 Å². The molecule has 2 aliphatic carbocycles. The molecule has 6 heteroatoms. The maximum atomic E-state index is 12.4. The fourth-order valence-corrected chi connectivity index (χ4v) is 8.41. The minimum atomic E-state index is -3.87. The van der Waals surface area contributed by atoms with E-state index in [2.05, 4.69) is 93.1 Å². The highest BCUT2D eigenvalue weighted by Crippen LogP contribution is 2.66. The average molecular weight is 627 g/mol. The lowest BCUT2D eigenvalue weighted by Gasteiger charge is -2.38. The van der Waals surface area contributed by atoms with Crippen LogP contribution in [0.25, 0.3) is 11.1 Å². The summed E-state index contributed by atoms with van der Waals surface area (Å²) in [5.41, 5.74) is 7.95. The molecule has 0 saturated heterocycles. The monoisotopic (exact) mass is 626 g/mol. The van der Waals surface area contributed by atoms with E-state index >= 15 is 0 Å². The zero-order valence-electron chi connectivity index (χ0n) is 27.4. The standard InChI is InChI=1S/C39H50N2O3S/c1-6-7-8-10-17-31-26-34-35(41-45(40,42)43)24-25-39(34,37(31)30-15-11-9-12-16-30)28(2)33-18-13-14-19-36(33)44-27-29-20-22-32(23-21-29)38(3,4)5/h9,11-16,18-23,34-35,41H,2,6-8,10,17,24-27H2,1,3-5H3,(H2,40,42,43). The van der Waals surface area contributed by atoms with Crippen molar-refractivity contribution in [1.82, 2.24) is 4.72 Å². The van der Waals surface area contributed by atoms with Gasteiger partial charge in [-0.25, -0.2) is 5.14 Å². The van der Waals surface area contributed by atoms with Crippen molar-refractivity contribution in [2.24, 2.45) is 16.5 Å². The molecular weight excluding hydrogens is 577 g/mol. The van der Waals surface area contributed by atoms with E-state index < -0.39 is 15.6 Å². The van der Waals surface area contributed by atoms with Crippen LogP contribution in [0, 0.1) is 11.3 Å². The third kappa shape index (κ3) is 7.29. The minimum Gasteiger partial charge on any atom is -0.488 e. The molecular formula is C39H50N2O3S. The van der Waals surface area contributed by atoms with Crippen LogP contribution in [0.1, 0.15) is 101 Å². The molecule has 2 aliphatic rings. The Balaban J connectivity index is 1.54. The highest BCUT2D eigenvalue weighted by Gasteiger charge is 2.57. The van der Waals surface area contributed by atoms with Gasteiger partial charge in [-0.3, -0.25) is 0 Å². The molecule has 0 aliphatic heterocycles. The van der Waals surface area contributed by atoms with Gasteiger partial charge in [0.1, 0.15) is 12.4 Å². The minimum absolute atomic E-state index is 0.0118. The van der Waals surface area contributed by atoms with Crippen molar-refractivity contribution < 1.29 is 13.2 Å². The number of hydrogen-bond donors (Lipinski definition) is 2. The van der Waals surface area contributed by atoms with Gasteiger partial charge in [0, 0.05) is 17.0 Å². The van der Waals surface area contributed by atoms with Crippen molar-refractivity contribution in [3.8, 4) is 5.75 Å². The quantitative estimate of drug-likeness (QED) is 0.186. The predicted molar refractivity (Wildman–Crippen MR) is 187 cm³/mol. The van der Waals surface area contributed by atoms with Crippen LogP contribution in [0.15, 0.2) is 91.0 Å². The molecule has 1 saturated carbocycles. The van der Waals surface area contributed by atoms with Crippen LogP contribution in [0.3, 0.4) is 0 Å². The molecule has 0 spiro atoms. The third-order valence-electron chi connectivity index (χ3n) is 9.91. The first kappa shape index (κ1) is 33.2. The Hall–Kier alpha value is -3.19. The van der Waals surface area contributed by atoms with Crippen molar-refractivity contribution in [1.29, 1.82) is 0 Å². The molecule has 0 heterocycles. The topological polar surface area (TPSA) is 81.4 Å². The average Bonchev–Trinajstić information content (AvgIpc) is 3.52. The summed E-state index contributed by atoms with van der Waals surface area (Å²) in [6, 6.07) is 27.2. The lowest BCUT2D eigenvalue weighted by molar-refractivity contribution is 0.303. The third-order valence-corrected chi connectivity index (χ3v) is 10.5. The van der Waals surface area contributed by atoms with Crippen molar-refractivity contribution in [3.63, 3.8) is 0 Å². The maximum absolute atomic E-state index is 12.4. The van der Waals surface area contributed by atoms with Crippen LogP contribution in [-0.4, -0.2) is 14.5 Å². The molecule has 45 heavy (non-hydrogen) atoms. The molecule has 3 aromatic carbocycles. The number of hydrogen-bond acceptors (Lipinski definition) is 3. The molecule has 3 unspecified atom stereocenters. The van der Waals surface area contributed by atoms with E-state index in [-0.39, 0.29) is 17.4 Å². The lowest BCUT2D eigenvalue weighted by Crippen LogP contribution is -2.43. The second kappa shape index (κ2) is 13.7. The van der Waals surface area contributed by atoms with Gasteiger partial charge in [-0.15, -0.1) is 0 Å². The maximum Gasteiger partial charge on any atom is 0.274 e. The summed E-state index contributed by atoms with van der Waals surface area (Å²) < 4.78 is 34.1. The zero-order valence-corrected chi connectivity index (χ0v) is 28.3. The predicted octanol–water partition coefficient (Wildman–Crippen LogP) is 8.96. The van der Waals surface area contributed by atoms with Gasteiger partial charge in [0.15, 0.2) is 0 Å². The second-order valence-electron chi connectivity index (χ2n) is 14.0. The fraction of sp³-hybridized carbons (Fsp3) is 0.436. The van der Waals surface area contributed by atoms with E-state index in [1.165, 1.54) is 41.5 Å². The Labute approximate surface area is 271 Å². The first-order valence-corrected chi connectivity index (χ1v) is 18.1. The van der Waals surface area contributed by atoms with Crippen LogP contribution >= 0.6 is 0 Å². The largest absolute Gasteiger partial charge is 0.488 e. The molecule has 3 atom stereocenters. The SMILES string of the molecule is C=C(c1ccccc1OCc1ccc(C(C)(C)C)cc1)C12CCC(NS(N)(=O)=O)C1CC(CCCCCC)=C2c1ccccc1. The van der Waals surface area contributed by atoms with Crippen molar-refractivity contribution in [2.45, 2.75) is 97.1 Å². The lowest BCUT2D eigenvalue weighted by atomic mass is 9.66. The number of benzene rings is 3. The summed E-state index contributed by atoms with van der Waals surface area (Å²) in [6.45, 7) is 14.2. The molecule has 0 radical (unpaired) electrons. The molecule has 5 nitrogen and oxygen atoms in total. The van der Waals surface area contributed by atoms with E-state index in [1.54, 1.807) is 0 Å². The van der Waals surface area contributed by atoms with Gasteiger partial charge in [-0.1, -0.05) is 132 Å². The number of nitrogens with one attached hydrogen (secondary N) is 1. The molecule has 5 rings (SSSR count). The molecule has 3 N–H and O–H groups in total. The highest BCUT2D eigenvalue weighted by atomic mass is 32.2. The Morgan fingerprint density at radius 2 is 1.67 bits per heavy atom. The van der Waals surface area contributed by atoms with Gasteiger partial charge in [-0.2, -0.15) is 13.1 Å². The summed E-state index contributed by atoms with van der Waals surface area (Å²) >= 11 is 0. The second-order valence-corrected chi connectivity index (χ2v) is 15.3. The number of unbranched alkanes of at least 4 members (excludes halogenated alkanes) is 3. The highest BCUT2D eigenvalue weighted by molar-refractivity contribution is 7.87. The number of nitrogens with two attached hydrogens (primary N) is 1. The van der Waals surface area contributed by atoms with Crippen LogP contribution in [0.4, 0.5) is 0 Å². The first-order valence-electron chi connectivity index (χ1n) is 16.5. The van der Waals surface area contributed by atoms with Gasteiger partial charge in [-0.05, 0) is 77.3 Å². The van der Waals surface area contributed by atoms with E-state index in [0.29, 0.717) is 13.0 Å². The molecule has 0 bridgehead atoms.